The van der Waals surface area contributed by atoms with Gasteiger partial charge in [0.1, 0.15) is 6.34 Å². The van der Waals surface area contributed by atoms with E-state index in [0.29, 0.717) is 11.1 Å². The third kappa shape index (κ3) is 3.32. The van der Waals surface area contributed by atoms with Crippen LogP contribution in [-0.4, -0.2) is 36.3 Å². The van der Waals surface area contributed by atoms with E-state index in [1.807, 2.05) is 12.1 Å². The smallest absolute Gasteiger partial charge is 0.281 e. The fraction of sp³-hybridized carbons (Fsp3) is 0.176. The van der Waals surface area contributed by atoms with Crippen molar-refractivity contribution in [2.45, 2.75) is 5.60 Å². The van der Waals surface area contributed by atoms with Crippen LogP contribution in [0.3, 0.4) is 0 Å². The molecule has 0 saturated heterocycles. The molecule has 0 saturated carbocycles. The third-order valence-electron chi connectivity index (χ3n) is 3.17. The molecule has 0 aliphatic carbocycles. The SMILES string of the molecule is CN(C)/C=N\NC(=O)C(O)(c1ccccc1)c1ccccc1. The van der Waals surface area contributed by atoms with Crippen LogP contribution in [0.1, 0.15) is 11.1 Å². The maximum absolute atomic E-state index is 12.6. The van der Waals surface area contributed by atoms with E-state index < -0.39 is 11.5 Å². The van der Waals surface area contributed by atoms with E-state index >= 15 is 0 Å². The van der Waals surface area contributed by atoms with Gasteiger partial charge in [-0.25, -0.2) is 5.43 Å². The Morgan fingerprint density at radius 2 is 1.50 bits per heavy atom. The summed E-state index contributed by atoms with van der Waals surface area (Å²) in [5.74, 6) is -0.608. The largest absolute Gasteiger partial charge is 0.372 e. The lowest BCUT2D eigenvalue weighted by Crippen LogP contribution is -2.43. The lowest BCUT2D eigenvalue weighted by Gasteiger charge is -2.27. The second-order valence-corrected chi connectivity index (χ2v) is 5.09. The highest BCUT2D eigenvalue weighted by Gasteiger charge is 2.39. The van der Waals surface area contributed by atoms with Crippen molar-refractivity contribution < 1.29 is 9.90 Å². The van der Waals surface area contributed by atoms with Gasteiger partial charge >= 0.3 is 0 Å². The molecule has 1 amide bonds. The van der Waals surface area contributed by atoms with E-state index in [1.165, 1.54) is 6.34 Å². The molecule has 0 heterocycles. The molecule has 2 aromatic rings. The zero-order valence-corrected chi connectivity index (χ0v) is 12.6. The van der Waals surface area contributed by atoms with Gasteiger partial charge in [0, 0.05) is 14.1 Å². The van der Waals surface area contributed by atoms with Gasteiger partial charge in [-0.15, -0.1) is 0 Å². The Kier molecular flexibility index (Phi) is 4.91. The van der Waals surface area contributed by atoms with Crippen molar-refractivity contribution >= 4 is 12.2 Å². The lowest BCUT2D eigenvalue weighted by molar-refractivity contribution is -0.136. The Morgan fingerprint density at radius 1 is 1.05 bits per heavy atom. The maximum Gasteiger partial charge on any atom is 0.281 e. The normalized spacial score (nSPS) is 11.4. The standard InChI is InChI=1S/C17H19N3O2/c1-20(2)13-18-19-16(21)17(22,14-9-5-3-6-10-14)15-11-7-4-8-12-15/h3-13,22H,1-2H3,(H,19,21)/b18-13-. The topological polar surface area (TPSA) is 64.9 Å². The van der Waals surface area contributed by atoms with Gasteiger partial charge in [-0.1, -0.05) is 60.7 Å². The summed E-state index contributed by atoms with van der Waals surface area (Å²) in [6, 6.07) is 17.6. The fourth-order valence-electron chi connectivity index (χ4n) is 2.07. The van der Waals surface area contributed by atoms with Crippen LogP contribution in [0, 0.1) is 0 Å². The summed E-state index contributed by atoms with van der Waals surface area (Å²) in [5, 5.41) is 14.9. The molecule has 0 aromatic heterocycles. The van der Waals surface area contributed by atoms with Crippen LogP contribution in [0.4, 0.5) is 0 Å². The molecule has 2 aromatic carbocycles. The molecule has 2 rings (SSSR count). The molecule has 2 N–H and O–H groups in total. The number of nitrogens with zero attached hydrogens (tertiary/aromatic N) is 2. The van der Waals surface area contributed by atoms with E-state index in [1.54, 1.807) is 67.5 Å². The van der Waals surface area contributed by atoms with E-state index in [2.05, 4.69) is 10.5 Å². The number of benzene rings is 2. The summed E-state index contributed by atoms with van der Waals surface area (Å²) in [6.45, 7) is 0. The Balaban J connectivity index is 2.41. The van der Waals surface area contributed by atoms with Crippen LogP contribution < -0.4 is 5.43 Å². The monoisotopic (exact) mass is 297 g/mol. The molecular formula is C17H19N3O2. The molecule has 5 nitrogen and oxygen atoms in total. The molecule has 0 fully saturated rings. The highest BCUT2D eigenvalue weighted by molar-refractivity contribution is 5.90. The van der Waals surface area contributed by atoms with Crippen molar-refractivity contribution in [3.63, 3.8) is 0 Å². The minimum atomic E-state index is -1.80. The highest BCUT2D eigenvalue weighted by Crippen LogP contribution is 2.29. The van der Waals surface area contributed by atoms with Gasteiger partial charge in [0.15, 0.2) is 5.60 Å². The summed E-state index contributed by atoms with van der Waals surface area (Å²) in [4.78, 5) is 14.2. The lowest BCUT2D eigenvalue weighted by atomic mass is 9.86. The molecule has 22 heavy (non-hydrogen) atoms. The molecule has 114 valence electrons. The van der Waals surface area contributed by atoms with Crippen molar-refractivity contribution in [3.05, 3.63) is 71.8 Å². The van der Waals surface area contributed by atoms with Crippen LogP contribution in [0.15, 0.2) is 65.8 Å². The van der Waals surface area contributed by atoms with E-state index in [0.717, 1.165) is 0 Å². The van der Waals surface area contributed by atoms with Gasteiger partial charge in [-0.05, 0) is 11.1 Å². The Morgan fingerprint density at radius 3 is 1.91 bits per heavy atom. The summed E-state index contributed by atoms with van der Waals surface area (Å²) in [6.07, 6.45) is 1.45. The van der Waals surface area contributed by atoms with Crippen LogP contribution in [0.5, 0.6) is 0 Å². The summed E-state index contributed by atoms with van der Waals surface area (Å²) in [7, 11) is 3.58. The Labute approximate surface area is 129 Å². The molecule has 0 unspecified atom stereocenters. The van der Waals surface area contributed by atoms with Gasteiger partial charge in [-0.3, -0.25) is 4.79 Å². The minimum absolute atomic E-state index is 0.485. The van der Waals surface area contributed by atoms with Crippen LogP contribution in [-0.2, 0) is 10.4 Å². The van der Waals surface area contributed by atoms with Gasteiger partial charge in [0.2, 0.25) is 0 Å². The quantitative estimate of drug-likeness (QED) is 0.500. The first-order chi connectivity index (χ1) is 10.5. The summed E-state index contributed by atoms with van der Waals surface area (Å²) < 4.78 is 0. The van der Waals surface area contributed by atoms with Crippen molar-refractivity contribution in [1.29, 1.82) is 0 Å². The second kappa shape index (κ2) is 6.87. The average molecular weight is 297 g/mol. The molecule has 5 heteroatoms. The number of hydrazone groups is 1. The number of nitrogens with one attached hydrogen (secondary N) is 1. The highest BCUT2D eigenvalue weighted by atomic mass is 16.3. The van der Waals surface area contributed by atoms with Crippen molar-refractivity contribution in [3.8, 4) is 0 Å². The zero-order valence-electron chi connectivity index (χ0n) is 12.6. The molecule has 0 bridgehead atoms. The van der Waals surface area contributed by atoms with E-state index in [9.17, 15) is 9.90 Å². The van der Waals surface area contributed by atoms with E-state index in [-0.39, 0.29) is 0 Å². The predicted molar refractivity (Wildman–Crippen MR) is 86.2 cm³/mol. The number of amides is 1. The zero-order chi connectivity index (χ0) is 16.0. The minimum Gasteiger partial charge on any atom is -0.372 e. The van der Waals surface area contributed by atoms with Gasteiger partial charge < -0.3 is 10.0 Å². The summed E-state index contributed by atoms with van der Waals surface area (Å²) >= 11 is 0. The van der Waals surface area contributed by atoms with Crippen LogP contribution in [0.25, 0.3) is 0 Å². The predicted octanol–water partition coefficient (Wildman–Crippen LogP) is 1.54. The number of rotatable bonds is 5. The van der Waals surface area contributed by atoms with Crippen molar-refractivity contribution in [1.82, 2.24) is 10.3 Å². The first kappa shape index (κ1) is 15.7. The molecule has 0 aliphatic rings. The molecule has 0 aliphatic heterocycles. The average Bonchev–Trinajstić information content (AvgIpc) is 2.55. The molecule has 0 atom stereocenters. The van der Waals surface area contributed by atoms with Crippen LogP contribution in [0.2, 0.25) is 0 Å². The van der Waals surface area contributed by atoms with Gasteiger partial charge in [0.05, 0.1) is 0 Å². The first-order valence-electron chi connectivity index (χ1n) is 6.88. The maximum atomic E-state index is 12.6. The summed E-state index contributed by atoms with van der Waals surface area (Å²) in [5.41, 5.74) is 1.56. The fourth-order valence-corrected chi connectivity index (χ4v) is 2.07. The van der Waals surface area contributed by atoms with Crippen molar-refractivity contribution in [2.24, 2.45) is 5.10 Å². The Hall–Kier alpha value is -2.66. The molecule has 0 radical (unpaired) electrons. The number of hydrogen-bond donors (Lipinski definition) is 2. The first-order valence-corrected chi connectivity index (χ1v) is 6.88. The molecular weight excluding hydrogens is 278 g/mol. The number of carbonyl (C=O) groups excluding carboxylic acids is 1. The number of hydrogen-bond acceptors (Lipinski definition) is 3. The Bertz CT molecular complexity index is 600. The van der Waals surface area contributed by atoms with Gasteiger partial charge in [0.25, 0.3) is 5.91 Å². The third-order valence-corrected chi connectivity index (χ3v) is 3.17. The molecule has 0 spiro atoms. The van der Waals surface area contributed by atoms with Crippen molar-refractivity contribution in [2.75, 3.05) is 14.1 Å². The van der Waals surface area contributed by atoms with Gasteiger partial charge in [-0.2, -0.15) is 5.10 Å². The number of carbonyl (C=O) groups is 1. The number of aliphatic hydroxyl groups is 1. The van der Waals surface area contributed by atoms with Crippen LogP contribution >= 0.6 is 0 Å². The van der Waals surface area contributed by atoms with E-state index in [4.69, 9.17) is 0 Å². The second-order valence-electron chi connectivity index (χ2n) is 5.09.